The van der Waals surface area contributed by atoms with E-state index in [0.29, 0.717) is 110 Å². The van der Waals surface area contributed by atoms with Crippen LogP contribution in [0, 0.1) is 0 Å². The minimum Gasteiger partial charge on any atom is -0.507 e. The largest absolute Gasteiger partial charge is 0.507 e. The van der Waals surface area contributed by atoms with Crippen LogP contribution in [0.1, 0.15) is 324 Å². The Morgan fingerprint density at radius 1 is 0.217 bits per heavy atom. The van der Waals surface area contributed by atoms with Gasteiger partial charge in [-0.15, -0.1) is 0 Å². The average molecular weight is 1280 g/mol. The molecule has 92 heavy (non-hydrogen) atoms. The molecule has 0 saturated heterocycles. The van der Waals surface area contributed by atoms with Crippen molar-refractivity contribution in [3.05, 3.63) is 91.0 Å². The van der Waals surface area contributed by atoms with Crippen LogP contribution in [0.5, 0.6) is 46.0 Å². The topological polar surface area (TPSA) is 162 Å². The molecule has 12 nitrogen and oxygen atoms in total. The maximum Gasteiger partial charge on any atom is 0.132 e. The monoisotopic (exact) mass is 1280 g/mol. The van der Waals surface area contributed by atoms with Gasteiger partial charge in [-0.1, -0.05) is 207 Å². The second-order valence-electron chi connectivity index (χ2n) is 32.6. The lowest BCUT2D eigenvalue weighted by molar-refractivity contribution is -0.884. The number of quaternary nitrogens is 4. The number of hydrogen-bond acceptors (Lipinski definition) is 8. The number of hydrogen-bond donors (Lipinski definition) is 8. The molecule has 5 rings (SSSR count). The second kappa shape index (κ2) is 36.3. The van der Waals surface area contributed by atoms with E-state index in [1.165, 1.54) is 25.7 Å². The number of fused-ring (bicyclic) bond motifs is 8. The number of phenolic OH excluding ortho intramolecular Hbond substituents is 8. The lowest BCUT2D eigenvalue weighted by Gasteiger charge is -2.34. The smallest absolute Gasteiger partial charge is 0.132 e. The maximum absolute atomic E-state index is 13.4. The molecule has 0 amide bonds. The minimum absolute atomic E-state index is 0.0216. The first-order valence-electron chi connectivity index (χ1n) is 36.9. The van der Waals surface area contributed by atoms with Gasteiger partial charge in [-0.2, -0.15) is 0 Å². The fraction of sp³-hybridized carbons (Fsp3) is 0.700. The molecule has 1 aliphatic carbocycles. The van der Waals surface area contributed by atoms with Crippen molar-refractivity contribution in [1.29, 1.82) is 0 Å². The molecule has 1 aliphatic rings. The summed E-state index contributed by atoms with van der Waals surface area (Å²) in [5, 5.41) is 107. The predicted octanol–water partition coefficient (Wildman–Crippen LogP) is 19.6. The average Bonchev–Trinajstić information content (AvgIpc) is 0.759. The van der Waals surface area contributed by atoms with E-state index in [0.717, 1.165) is 154 Å². The van der Waals surface area contributed by atoms with Crippen molar-refractivity contribution >= 4 is 0 Å². The summed E-state index contributed by atoms with van der Waals surface area (Å²) in [5.74, 6) is -2.69. The zero-order valence-electron chi connectivity index (χ0n) is 61.4. The van der Waals surface area contributed by atoms with Crippen LogP contribution < -0.4 is 0 Å². The molecule has 4 aromatic carbocycles. The number of nitrogens with zero attached hydrogens (tertiary/aromatic N) is 4. The number of benzene rings is 4. The normalized spacial score (nSPS) is 16.4. The van der Waals surface area contributed by atoms with Gasteiger partial charge >= 0.3 is 0 Å². The Kier molecular flexibility index (Phi) is 30.7. The SMILES string of the molecule is CCCCCCCCCC1c2cc(c(O)c(C[N+](C)(C)C)c2O)C(CCCCCCCCC)c2cc(c(O)c(C[N+](C)(C)C)c2O)C(CCCCCCCCC)c2cc(c(O)c(C[N+](C)(C)C)c2O)C(CCCCCCCCC)c2cc1c(O)c(C[N+](C)(C)C)c2O. The Morgan fingerprint density at radius 3 is 0.478 bits per heavy atom. The summed E-state index contributed by atoms with van der Waals surface area (Å²) < 4.78 is 1.56. The first-order chi connectivity index (χ1) is 43.4. The summed E-state index contributed by atoms with van der Waals surface area (Å²) in [6.45, 7) is 10.0. The molecule has 0 spiro atoms. The Labute approximate surface area is 560 Å². The predicted molar refractivity (Wildman–Crippen MR) is 384 cm³/mol. The lowest BCUT2D eigenvalue weighted by Crippen LogP contribution is -2.34. The minimum atomic E-state index is -0.630. The van der Waals surface area contributed by atoms with Crippen LogP contribution in [0.2, 0.25) is 0 Å². The molecule has 0 saturated carbocycles. The van der Waals surface area contributed by atoms with Gasteiger partial charge in [-0.05, 0) is 49.9 Å². The molecule has 520 valence electrons. The van der Waals surface area contributed by atoms with E-state index in [9.17, 15) is 40.9 Å². The van der Waals surface area contributed by atoms with Crippen molar-refractivity contribution in [3.63, 3.8) is 0 Å². The third kappa shape index (κ3) is 22.6. The van der Waals surface area contributed by atoms with E-state index >= 15 is 0 Å². The molecule has 0 radical (unpaired) electrons. The Balaban J connectivity index is 2.14. The zero-order chi connectivity index (χ0) is 68.1. The fourth-order valence-electron chi connectivity index (χ4n) is 14.8. The number of aromatic hydroxyl groups is 8. The van der Waals surface area contributed by atoms with Crippen LogP contribution in [0.25, 0.3) is 0 Å². The van der Waals surface area contributed by atoms with Crippen LogP contribution in [0.3, 0.4) is 0 Å². The van der Waals surface area contributed by atoms with Crippen molar-refractivity contribution in [2.75, 3.05) is 84.6 Å². The van der Waals surface area contributed by atoms with Gasteiger partial charge in [0.1, 0.15) is 72.2 Å². The Bertz CT molecular complexity index is 2400. The summed E-state index contributed by atoms with van der Waals surface area (Å²) >= 11 is 0. The molecule has 0 heterocycles. The van der Waals surface area contributed by atoms with Crippen LogP contribution in [-0.2, 0) is 26.2 Å². The summed E-state index contributed by atoms with van der Waals surface area (Å²) in [6.07, 6.45) is 31.7. The van der Waals surface area contributed by atoms with Gasteiger partial charge in [0.25, 0.3) is 0 Å². The molecule has 0 unspecified atom stereocenters. The molecule has 0 aliphatic heterocycles. The first-order valence-corrected chi connectivity index (χ1v) is 36.9. The Morgan fingerprint density at radius 2 is 0.348 bits per heavy atom. The highest BCUT2D eigenvalue weighted by atomic mass is 16.3. The van der Waals surface area contributed by atoms with E-state index < -0.39 is 23.7 Å². The quantitative estimate of drug-likeness (QED) is 0.0161. The third-order valence-electron chi connectivity index (χ3n) is 19.6. The van der Waals surface area contributed by atoms with E-state index in [-0.39, 0.29) is 72.2 Å². The number of phenols is 8. The molecule has 8 N–H and O–H groups in total. The van der Waals surface area contributed by atoms with Gasteiger partial charge < -0.3 is 58.8 Å². The lowest BCUT2D eigenvalue weighted by atomic mass is 9.74. The standard InChI is InChI=1S/C80H132N4O8/c1-17-21-25-29-33-37-41-45-57-61-49-63(75(87)69(73(61)85)53-81(5,6)7)58(46-42-38-34-30-26-22-18-2)65-51-67(79(91)71(77(65)89)55-83(11,12)13)60(48-44-40-36-32-28-24-20-4)68-52-66(78(90)72(80(68)92)56-84(14,15)16)59(47-43-39-35-31-27-23-19-3)64-50-62(57)74(86)70(76(64)88)54-82(8,9)10/h49-52,57-60H,17-48,53-56H2,1-16H3,(H4-4,85,86,87,88,89,90,91,92)/p+4. The van der Waals surface area contributed by atoms with Crippen molar-refractivity contribution < 1.29 is 58.8 Å². The summed E-state index contributed by atoms with van der Waals surface area (Å²) in [7, 11) is 24.7. The van der Waals surface area contributed by atoms with Crippen molar-refractivity contribution in [2.45, 2.75) is 283 Å². The number of unbranched alkanes of at least 4 members (excludes halogenated alkanes) is 24. The van der Waals surface area contributed by atoms with Crippen LogP contribution in [0.4, 0.5) is 0 Å². The number of rotatable bonds is 40. The Hall–Kier alpha value is -4.88. The van der Waals surface area contributed by atoms with E-state index in [1.54, 1.807) is 0 Å². The molecule has 0 atom stereocenters. The van der Waals surface area contributed by atoms with Crippen LogP contribution in [0.15, 0.2) is 24.3 Å². The summed E-state index contributed by atoms with van der Waals surface area (Å²) in [6, 6.07) is 7.98. The highest BCUT2D eigenvalue weighted by molar-refractivity contribution is 5.67. The molecule has 0 fully saturated rings. The van der Waals surface area contributed by atoms with Crippen LogP contribution in [-0.4, -0.2) is 143 Å². The van der Waals surface area contributed by atoms with E-state index in [4.69, 9.17) is 0 Å². The highest BCUT2D eigenvalue weighted by Crippen LogP contribution is 2.57. The zero-order valence-corrected chi connectivity index (χ0v) is 61.4. The van der Waals surface area contributed by atoms with Crippen molar-refractivity contribution in [3.8, 4) is 46.0 Å². The molecule has 0 aromatic heterocycles. The van der Waals surface area contributed by atoms with Gasteiger partial charge in [0.15, 0.2) is 0 Å². The summed E-state index contributed by atoms with van der Waals surface area (Å²) in [4.78, 5) is 0. The molecule has 4 aromatic rings. The summed E-state index contributed by atoms with van der Waals surface area (Å²) in [5.41, 5.74) is 6.25. The maximum atomic E-state index is 13.4. The van der Waals surface area contributed by atoms with Gasteiger partial charge in [-0.25, -0.2) is 0 Å². The molecule has 8 bridgehead atoms. The molecule has 12 heteroatoms. The van der Waals surface area contributed by atoms with E-state index in [2.05, 4.69) is 112 Å². The first kappa shape index (κ1) is 77.8. The molecular weight excluding hydrogens is 1140 g/mol. The van der Waals surface area contributed by atoms with Gasteiger partial charge in [0.2, 0.25) is 0 Å². The second-order valence-corrected chi connectivity index (χ2v) is 32.6. The van der Waals surface area contributed by atoms with Gasteiger partial charge in [0.05, 0.1) is 107 Å². The fourth-order valence-corrected chi connectivity index (χ4v) is 14.8. The molecular formula is C80H136N4O8+4. The van der Waals surface area contributed by atoms with E-state index in [1.807, 2.05) is 24.3 Å². The van der Waals surface area contributed by atoms with Crippen molar-refractivity contribution in [2.24, 2.45) is 0 Å². The van der Waals surface area contributed by atoms with Gasteiger partial charge in [0, 0.05) is 68.2 Å². The highest BCUT2D eigenvalue weighted by Gasteiger charge is 2.39. The van der Waals surface area contributed by atoms with Crippen molar-refractivity contribution in [1.82, 2.24) is 0 Å². The third-order valence-corrected chi connectivity index (χ3v) is 19.6. The van der Waals surface area contributed by atoms with Crippen LogP contribution >= 0.6 is 0 Å². The van der Waals surface area contributed by atoms with Gasteiger partial charge in [-0.3, -0.25) is 0 Å².